The van der Waals surface area contributed by atoms with Gasteiger partial charge in [-0.05, 0) is 24.6 Å². The van der Waals surface area contributed by atoms with Gasteiger partial charge in [0.15, 0.2) is 5.13 Å². The molecule has 3 rings (SSSR count). The van der Waals surface area contributed by atoms with Crippen LogP contribution in [0.25, 0.3) is 0 Å². The zero-order valence-corrected chi connectivity index (χ0v) is 13.4. The van der Waals surface area contributed by atoms with Gasteiger partial charge in [-0.25, -0.2) is 9.37 Å². The number of carbonyl (C=O) groups is 2. The number of amides is 2. The summed E-state index contributed by atoms with van der Waals surface area (Å²) < 4.78 is 12.9. The van der Waals surface area contributed by atoms with Crippen LogP contribution in [0.2, 0.25) is 0 Å². The molecular formula is C16H16FN3O2S. The van der Waals surface area contributed by atoms with Gasteiger partial charge < -0.3 is 10.2 Å². The first-order chi connectivity index (χ1) is 11.0. The molecule has 120 valence electrons. The van der Waals surface area contributed by atoms with Crippen molar-refractivity contribution < 1.29 is 14.0 Å². The Morgan fingerprint density at radius 1 is 1.43 bits per heavy atom. The molecule has 1 aromatic carbocycles. The van der Waals surface area contributed by atoms with E-state index in [0.717, 1.165) is 10.4 Å². The third kappa shape index (κ3) is 3.73. The highest BCUT2D eigenvalue weighted by molar-refractivity contribution is 7.15. The van der Waals surface area contributed by atoms with E-state index in [1.807, 2.05) is 6.92 Å². The molecule has 2 amide bonds. The van der Waals surface area contributed by atoms with Crippen LogP contribution in [0.3, 0.4) is 0 Å². The molecule has 1 saturated heterocycles. The number of hydrogen-bond acceptors (Lipinski definition) is 4. The lowest BCUT2D eigenvalue weighted by molar-refractivity contribution is -0.128. The minimum Gasteiger partial charge on any atom is -0.338 e. The smallest absolute Gasteiger partial charge is 0.231 e. The van der Waals surface area contributed by atoms with Crippen LogP contribution >= 0.6 is 11.3 Å². The maximum atomic E-state index is 12.9. The number of anilines is 1. The van der Waals surface area contributed by atoms with Gasteiger partial charge in [0.1, 0.15) is 5.82 Å². The van der Waals surface area contributed by atoms with E-state index >= 15 is 0 Å². The van der Waals surface area contributed by atoms with Crippen LogP contribution in [0.1, 0.15) is 16.9 Å². The molecule has 0 bridgehead atoms. The molecule has 2 aromatic rings. The Bertz CT molecular complexity index is 729. The highest BCUT2D eigenvalue weighted by Gasteiger charge is 2.34. The summed E-state index contributed by atoms with van der Waals surface area (Å²) in [5.74, 6) is -0.941. The number of nitrogens with one attached hydrogen (secondary N) is 1. The van der Waals surface area contributed by atoms with E-state index in [2.05, 4.69) is 10.3 Å². The molecule has 1 fully saturated rings. The number of hydrogen-bond donors (Lipinski definition) is 1. The first-order valence-corrected chi connectivity index (χ1v) is 8.08. The fourth-order valence-electron chi connectivity index (χ4n) is 2.53. The third-order valence-corrected chi connectivity index (χ3v) is 4.55. The van der Waals surface area contributed by atoms with Crippen LogP contribution < -0.4 is 5.32 Å². The average molecular weight is 333 g/mol. The molecule has 0 unspecified atom stereocenters. The van der Waals surface area contributed by atoms with Crippen molar-refractivity contribution in [1.29, 1.82) is 0 Å². The molecule has 1 aliphatic rings. The van der Waals surface area contributed by atoms with Crippen molar-refractivity contribution in [3.63, 3.8) is 0 Å². The van der Waals surface area contributed by atoms with Crippen molar-refractivity contribution >= 4 is 28.3 Å². The minimum absolute atomic E-state index is 0.0650. The number of aryl methyl sites for hydroxylation is 1. The molecule has 0 saturated carbocycles. The summed E-state index contributed by atoms with van der Waals surface area (Å²) in [5, 5.41) is 3.31. The predicted octanol–water partition coefficient (Wildman–Crippen LogP) is 2.58. The van der Waals surface area contributed by atoms with Gasteiger partial charge in [0.25, 0.3) is 0 Å². The summed E-state index contributed by atoms with van der Waals surface area (Å²) in [6.45, 7) is 2.67. The third-order valence-electron chi connectivity index (χ3n) is 3.72. The number of thiazole rings is 1. The Hall–Kier alpha value is -2.28. The van der Waals surface area contributed by atoms with E-state index in [4.69, 9.17) is 0 Å². The maximum Gasteiger partial charge on any atom is 0.231 e. The first kappa shape index (κ1) is 15.6. The normalized spacial score (nSPS) is 17.6. The molecule has 7 heteroatoms. The van der Waals surface area contributed by atoms with Crippen LogP contribution in [0.15, 0.2) is 30.5 Å². The van der Waals surface area contributed by atoms with Crippen molar-refractivity contribution in [3.05, 3.63) is 46.7 Å². The standard InChI is InChI=1S/C16H16FN3O2S/c1-10-7-18-16(23-10)19-15(22)12-6-14(21)20(9-12)8-11-2-4-13(17)5-3-11/h2-5,7,12H,6,8-9H2,1H3,(H,18,19,22)/t12-/m1/s1. The number of aromatic nitrogens is 1. The van der Waals surface area contributed by atoms with Crippen molar-refractivity contribution in [2.75, 3.05) is 11.9 Å². The molecule has 0 spiro atoms. The van der Waals surface area contributed by atoms with Crippen LogP contribution in [0, 0.1) is 18.7 Å². The topological polar surface area (TPSA) is 62.3 Å². The Labute approximate surface area is 137 Å². The summed E-state index contributed by atoms with van der Waals surface area (Å²) in [6, 6.07) is 6.03. The summed E-state index contributed by atoms with van der Waals surface area (Å²) in [6.07, 6.45) is 1.89. The van der Waals surface area contributed by atoms with Crippen LogP contribution in [-0.4, -0.2) is 28.2 Å². The van der Waals surface area contributed by atoms with Gasteiger partial charge in [0.2, 0.25) is 11.8 Å². The molecule has 1 atom stereocenters. The SMILES string of the molecule is Cc1cnc(NC(=O)[C@@H]2CC(=O)N(Cc3ccc(F)cc3)C2)s1. The number of rotatable bonds is 4. The number of likely N-dealkylation sites (tertiary alicyclic amines) is 1. The lowest BCUT2D eigenvalue weighted by Gasteiger charge is -2.16. The average Bonchev–Trinajstić information content (AvgIpc) is 3.08. The van der Waals surface area contributed by atoms with Gasteiger partial charge in [0.05, 0.1) is 5.92 Å². The van der Waals surface area contributed by atoms with Gasteiger partial charge >= 0.3 is 0 Å². The molecular weight excluding hydrogens is 317 g/mol. The highest BCUT2D eigenvalue weighted by atomic mass is 32.1. The van der Waals surface area contributed by atoms with E-state index in [-0.39, 0.29) is 30.0 Å². The molecule has 1 N–H and O–H groups in total. The predicted molar refractivity (Wildman–Crippen MR) is 85.4 cm³/mol. The number of benzene rings is 1. The van der Waals surface area contributed by atoms with Gasteiger partial charge in [-0.15, -0.1) is 11.3 Å². The quantitative estimate of drug-likeness (QED) is 0.935. The monoisotopic (exact) mass is 333 g/mol. The summed E-state index contributed by atoms with van der Waals surface area (Å²) >= 11 is 1.40. The van der Waals surface area contributed by atoms with Gasteiger partial charge in [-0.1, -0.05) is 12.1 Å². The molecule has 1 aromatic heterocycles. The van der Waals surface area contributed by atoms with Crippen molar-refractivity contribution in [3.8, 4) is 0 Å². The second kappa shape index (κ2) is 6.45. The Kier molecular flexibility index (Phi) is 4.38. The van der Waals surface area contributed by atoms with Crippen molar-refractivity contribution in [2.24, 2.45) is 5.92 Å². The fraction of sp³-hybridized carbons (Fsp3) is 0.312. The van der Waals surface area contributed by atoms with Crippen molar-refractivity contribution in [2.45, 2.75) is 19.9 Å². The fourth-order valence-corrected chi connectivity index (χ4v) is 3.20. The van der Waals surface area contributed by atoms with Crippen molar-refractivity contribution in [1.82, 2.24) is 9.88 Å². The van der Waals surface area contributed by atoms with Gasteiger partial charge in [0, 0.05) is 30.6 Å². The van der Waals surface area contributed by atoms with E-state index in [9.17, 15) is 14.0 Å². The molecule has 0 radical (unpaired) electrons. The Morgan fingerprint density at radius 2 is 2.17 bits per heavy atom. The van der Waals surface area contributed by atoms with Gasteiger partial charge in [-0.3, -0.25) is 9.59 Å². The second-order valence-corrected chi connectivity index (χ2v) is 6.80. The lowest BCUT2D eigenvalue weighted by Crippen LogP contribution is -2.28. The Balaban J connectivity index is 1.60. The summed E-state index contributed by atoms with van der Waals surface area (Å²) in [4.78, 5) is 31.1. The van der Waals surface area contributed by atoms with Crippen LogP contribution in [0.4, 0.5) is 9.52 Å². The second-order valence-electron chi connectivity index (χ2n) is 5.57. The molecule has 1 aliphatic heterocycles. The summed E-state index contributed by atoms with van der Waals surface area (Å²) in [5.41, 5.74) is 0.844. The Morgan fingerprint density at radius 3 is 2.83 bits per heavy atom. The maximum absolute atomic E-state index is 12.9. The van der Waals surface area contributed by atoms with Crippen LogP contribution in [0.5, 0.6) is 0 Å². The zero-order valence-electron chi connectivity index (χ0n) is 12.6. The molecule has 0 aliphatic carbocycles. The molecule has 5 nitrogen and oxygen atoms in total. The van der Waals surface area contributed by atoms with E-state index in [0.29, 0.717) is 18.2 Å². The van der Waals surface area contributed by atoms with Crippen LogP contribution in [-0.2, 0) is 16.1 Å². The molecule has 23 heavy (non-hydrogen) atoms. The number of carbonyl (C=O) groups excluding carboxylic acids is 2. The zero-order chi connectivity index (χ0) is 16.4. The number of halogens is 1. The number of nitrogens with zero attached hydrogens (tertiary/aromatic N) is 2. The first-order valence-electron chi connectivity index (χ1n) is 7.27. The van der Waals surface area contributed by atoms with E-state index in [1.165, 1.54) is 23.5 Å². The van der Waals surface area contributed by atoms with E-state index < -0.39 is 0 Å². The largest absolute Gasteiger partial charge is 0.338 e. The van der Waals surface area contributed by atoms with E-state index in [1.54, 1.807) is 23.2 Å². The molecule has 2 heterocycles. The summed E-state index contributed by atoms with van der Waals surface area (Å²) in [7, 11) is 0. The highest BCUT2D eigenvalue weighted by Crippen LogP contribution is 2.23. The van der Waals surface area contributed by atoms with Gasteiger partial charge in [-0.2, -0.15) is 0 Å². The lowest BCUT2D eigenvalue weighted by atomic mass is 10.1. The minimum atomic E-state index is -0.382.